The molecule has 4 aromatic rings. The first-order valence-corrected chi connectivity index (χ1v) is 9.29. The lowest BCUT2D eigenvalue weighted by atomic mass is 10.1. The van der Waals surface area contributed by atoms with Crippen molar-refractivity contribution in [3.63, 3.8) is 0 Å². The van der Waals surface area contributed by atoms with Crippen LogP contribution in [0.2, 0.25) is 0 Å². The quantitative estimate of drug-likeness (QED) is 0.432. The van der Waals surface area contributed by atoms with Crippen molar-refractivity contribution in [2.75, 3.05) is 0 Å². The van der Waals surface area contributed by atoms with Crippen LogP contribution in [0.1, 0.15) is 22.3 Å². The third-order valence-corrected chi connectivity index (χ3v) is 4.92. The summed E-state index contributed by atoms with van der Waals surface area (Å²) in [6, 6.07) is 11.5. The molecular weight excluding hydrogens is 413 g/mol. The largest absolute Gasteiger partial charge is 0.507 e. The maximum atomic E-state index is 12.9. The molecule has 2 aromatic carbocycles. The summed E-state index contributed by atoms with van der Waals surface area (Å²) in [6.07, 6.45) is -4.42. The molecule has 0 unspecified atom stereocenters. The van der Waals surface area contributed by atoms with E-state index in [0.29, 0.717) is 27.8 Å². The molecule has 2 aromatic heterocycles. The van der Waals surface area contributed by atoms with Gasteiger partial charge in [-0.1, -0.05) is 12.1 Å². The molecule has 0 bridgehead atoms. The zero-order valence-electron chi connectivity index (χ0n) is 16.5. The fourth-order valence-electron chi connectivity index (χ4n) is 3.19. The summed E-state index contributed by atoms with van der Waals surface area (Å²) in [5.41, 5.74) is -0.0379. The van der Waals surface area contributed by atoms with E-state index in [0.717, 1.165) is 12.1 Å². The van der Waals surface area contributed by atoms with E-state index in [9.17, 15) is 23.1 Å². The molecular formula is C23H17F3O5. The van der Waals surface area contributed by atoms with Crippen LogP contribution >= 0.6 is 0 Å². The summed E-state index contributed by atoms with van der Waals surface area (Å²) >= 11 is 0. The lowest BCUT2D eigenvalue weighted by Gasteiger charge is -2.10. The molecule has 1 N–H and O–H groups in total. The third kappa shape index (κ3) is 4.01. The van der Waals surface area contributed by atoms with Crippen molar-refractivity contribution < 1.29 is 31.8 Å². The van der Waals surface area contributed by atoms with Crippen molar-refractivity contribution in [2.24, 2.45) is 0 Å². The van der Waals surface area contributed by atoms with Crippen molar-refractivity contribution >= 4 is 11.0 Å². The molecule has 0 aliphatic rings. The van der Waals surface area contributed by atoms with Gasteiger partial charge in [0.2, 0.25) is 0 Å². The van der Waals surface area contributed by atoms with E-state index in [1.54, 1.807) is 37.3 Å². The second kappa shape index (κ2) is 7.54. The molecule has 0 saturated heterocycles. The Hall–Kier alpha value is -3.68. The normalized spacial score (nSPS) is 11.8. The number of ether oxygens (including phenoxy) is 1. The van der Waals surface area contributed by atoms with Crippen LogP contribution in [0.25, 0.3) is 22.5 Å². The number of rotatable bonds is 4. The van der Waals surface area contributed by atoms with E-state index in [-0.39, 0.29) is 29.4 Å². The minimum Gasteiger partial charge on any atom is -0.507 e. The number of benzene rings is 2. The number of aromatic hydroxyl groups is 1. The lowest BCUT2D eigenvalue weighted by Crippen LogP contribution is -2.06. The smallest absolute Gasteiger partial charge is 0.416 e. The van der Waals surface area contributed by atoms with Crippen molar-refractivity contribution in [1.29, 1.82) is 0 Å². The topological polar surface area (TPSA) is 72.8 Å². The first kappa shape index (κ1) is 20.6. The Morgan fingerprint density at radius 1 is 1.00 bits per heavy atom. The van der Waals surface area contributed by atoms with Crippen molar-refractivity contribution in [3.8, 4) is 23.0 Å². The van der Waals surface area contributed by atoms with Crippen LogP contribution in [0, 0.1) is 13.8 Å². The highest BCUT2D eigenvalue weighted by atomic mass is 19.4. The second-order valence-corrected chi connectivity index (χ2v) is 7.11. The minimum absolute atomic E-state index is 0.0417. The molecule has 8 heteroatoms. The van der Waals surface area contributed by atoms with Crippen LogP contribution in [0.5, 0.6) is 11.5 Å². The number of hydrogen-bond donors (Lipinski definition) is 1. The summed E-state index contributed by atoms with van der Waals surface area (Å²) in [4.78, 5) is 11.9. The molecule has 0 fully saturated rings. The molecule has 0 spiro atoms. The zero-order valence-corrected chi connectivity index (χ0v) is 16.5. The zero-order chi connectivity index (χ0) is 22.3. The molecule has 0 saturated carbocycles. The Morgan fingerprint density at radius 2 is 1.77 bits per heavy atom. The van der Waals surface area contributed by atoms with Gasteiger partial charge in [-0.25, -0.2) is 4.79 Å². The summed E-state index contributed by atoms with van der Waals surface area (Å²) in [6.45, 7) is 3.03. The summed E-state index contributed by atoms with van der Waals surface area (Å²) in [5, 5.41) is 10.7. The number of furan rings is 1. The molecule has 160 valence electrons. The van der Waals surface area contributed by atoms with Gasteiger partial charge in [0.05, 0.1) is 11.1 Å². The van der Waals surface area contributed by atoms with Gasteiger partial charge in [0, 0.05) is 10.9 Å². The molecule has 31 heavy (non-hydrogen) atoms. The molecule has 5 nitrogen and oxygen atoms in total. The maximum absolute atomic E-state index is 12.9. The number of fused-ring (bicyclic) bond motifs is 1. The Morgan fingerprint density at radius 3 is 2.52 bits per heavy atom. The molecule has 0 amide bonds. The van der Waals surface area contributed by atoms with Gasteiger partial charge >= 0.3 is 11.8 Å². The van der Waals surface area contributed by atoms with Crippen LogP contribution < -0.4 is 10.4 Å². The van der Waals surface area contributed by atoms with Crippen LogP contribution in [0.3, 0.4) is 0 Å². The fourth-order valence-corrected chi connectivity index (χ4v) is 3.19. The molecule has 0 aliphatic carbocycles. The van der Waals surface area contributed by atoms with Crippen molar-refractivity contribution in [2.45, 2.75) is 26.6 Å². The molecule has 2 heterocycles. The molecule has 4 rings (SSSR count). The Kier molecular flexibility index (Phi) is 5.00. The van der Waals surface area contributed by atoms with E-state index >= 15 is 0 Å². The Balaban J connectivity index is 1.60. The second-order valence-electron chi connectivity index (χ2n) is 7.11. The first-order valence-electron chi connectivity index (χ1n) is 9.29. The average Bonchev–Trinajstić information content (AvgIpc) is 3.16. The van der Waals surface area contributed by atoms with Crippen molar-refractivity contribution in [1.82, 2.24) is 0 Å². The van der Waals surface area contributed by atoms with Crippen LogP contribution in [0.15, 0.2) is 62.2 Å². The van der Waals surface area contributed by atoms with Crippen LogP contribution in [0.4, 0.5) is 13.2 Å². The standard InChI is InChI=1S/C23H17F3O5/c1-12-20(27)13(2)22(28)31-21(12)19-10-15-9-17(6-7-18(15)30-19)29-11-14-4-3-5-16(8-14)23(24,25)26/h3-10,27H,11H2,1-2H3. The van der Waals surface area contributed by atoms with Gasteiger partial charge in [0.15, 0.2) is 11.5 Å². The summed E-state index contributed by atoms with van der Waals surface area (Å²) < 4.78 is 55.2. The van der Waals surface area contributed by atoms with Gasteiger partial charge < -0.3 is 18.7 Å². The highest BCUT2D eigenvalue weighted by Crippen LogP contribution is 2.35. The summed E-state index contributed by atoms with van der Waals surface area (Å²) in [5.74, 6) is 0.657. The van der Waals surface area contributed by atoms with Gasteiger partial charge in [-0.2, -0.15) is 13.2 Å². The number of alkyl halides is 3. The molecule has 0 atom stereocenters. The molecule has 0 aliphatic heterocycles. The fraction of sp³-hybridized carbons (Fsp3) is 0.174. The van der Waals surface area contributed by atoms with E-state index in [1.807, 2.05) is 0 Å². The lowest BCUT2D eigenvalue weighted by molar-refractivity contribution is -0.137. The van der Waals surface area contributed by atoms with Crippen LogP contribution in [-0.4, -0.2) is 5.11 Å². The minimum atomic E-state index is -4.42. The van der Waals surface area contributed by atoms with Gasteiger partial charge in [-0.15, -0.1) is 0 Å². The predicted molar refractivity (Wildman–Crippen MR) is 107 cm³/mol. The highest BCUT2D eigenvalue weighted by molar-refractivity contribution is 5.84. The van der Waals surface area contributed by atoms with Gasteiger partial charge in [-0.3, -0.25) is 0 Å². The first-order chi connectivity index (χ1) is 14.6. The Labute approximate surface area is 174 Å². The van der Waals surface area contributed by atoms with Gasteiger partial charge in [-0.05, 0) is 55.8 Å². The third-order valence-electron chi connectivity index (χ3n) is 4.92. The number of halogens is 3. The SMILES string of the molecule is Cc1c(-c2cc3cc(OCc4cccc(C(F)(F)F)c4)ccc3o2)oc(=O)c(C)c1O. The van der Waals surface area contributed by atoms with Gasteiger partial charge in [0.1, 0.15) is 23.7 Å². The van der Waals surface area contributed by atoms with E-state index < -0.39 is 17.4 Å². The van der Waals surface area contributed by atoms with Crippen LogP contribution in [-0.2, 0) is 12.8 Å². The number of hydrogen-bond acceptors (Lipinski definition) is 5. The monoisotopic (exact) mass is 430 g/mol. The predicted octanol–water partition coefficient (Wildman–Crippen LogP) is 5.97. The van der Waals surface area contributed by atoms with E-state index in [2.05, 4.69) is 0 Å². The van der Waals surface area contributed by atoms with Gasteiger partial charge in [0.25, 0.3) is 0 Å². The van der Waals surface area contributed by atoms with E-state index in [1.165, 1.54) is 13.0 Å². The molecule has 0 radical (unpaired) electrons. The highest BCUT2D eigenvalue weighted by Gasteiger charge is 2.30. The van der Waals surface area contributed by atoms with E-state index in [4.69, 9.17) is 13.6 Å². The average molecular weight is 430 g/mol. The maximum Gasteiger partial charge on any atom is 0.416 e. The Bertz CT molecular complexity index is 1330. The summed E-state index contributed by atoms with van der Waals surface area (Å²) in [7, 11) is 0. The van der Waals surface area contributed by atoms with Crippen molar-refractivity contribution in [3.05, 3.63) is 81.2 Å².